The van der Waals surface area contributed by atoms with Gasteiger partial charge >= 0.3 is 0 Å². The van der Waals surface area contributed by atoms with E-state index in [0.29, 0.717) is 6.42 Å². The van der Waals surface area contributed by atoms with Gasteiger partial charge in [0, 0.05) is 6.42 Å². The molecule has 0 N–H and O–H groups in total. The molecule has 64 valence electrons. The quantitative estimate of drug-likeness (QED) is 0.569. The Bertz CT molecular complexity index is 148. The van der Waals surface area contributed by atoms with Crippen LogP contribution in [0, 0.1) is 0 Å². The van der Waals surface area contributed by atoms with Crippen LogP contribution in [0.2, 0.25) is 0 Å². The zero-order valence-electron chi connectivity index (χ0n) is 7.52. The third kappa shape index (κ3) is 7.26. The number of rotatable bonds is 5. The summed E-state index contributed by atoms with van der Waals surface area (Å²) in [6.07, 6.45) is 0.566. The Kier molecular flexibility index (Phi) is 4.79. The lowest BCUT2D eigenvalue weighted by atomic mass is 10.2. The summed E-state index contributed by atoms with van der Waals surface area (Å²) in [6.45, 7) is 9.52. The molecule has 0 aromatic carbocycles. The lowest BCUT2D eigenvalue weighted by molar-refractivity contribution is -0.124. The highest BCUT2D eigenvalue weighted by molar-refractivity contribution is 5.81. The SMILES string of the molecule is C=C(C)CC(=O)COC(C)C. The second-order valence-corrected chi connectivity index (χ2v) is 3.03. The highest BCUT2D eigenvalue weighted by Gasteiger charge is 2.02. The molecular weight excluding hydrogens is 140 g/mol. The van der Waals surface area contributed by atoms with Crippen LogP contribution in [0.4, 0.5) is 0 Å². The molecule has 0 aromatic heterocycles. The average Bonchev–Trinajstić information content (AvgIpc) is 1.82. The molecule has 2 heteroatoms. The fraction of sp³-hybridized carbons (Fsp3) is 0.667. The summed E-state index contributed by atoms with van der Waals surface area (Å²) in [6, 6.07) is 0. The Hall–Kier alpha value is -0.630. The summed E-state index contributed by atoms with van der Waals surface area (Å²) in [7, 11) is 0. The van der Waals surface area contributed by atoms with Crippen LogP contribution in [0.15, 0.2) is 12.2 Å². The van der Waals surface area contributed by atoms with Crippen LogP contribution in [-0.2, 0) is 9.53 Å². The molecule has 0 amide bonds. The van der Waals surface area contributed by atoms with E-state index in [1.165, 1.54) is 0 Å². The average molecular weight is 156 g/mol. The molecule has 0 aliphatic heterocycles. The van der Waals surface area contributed by atoms with Crippen molar-refractivity contribution in [2.75, 3.05) is 6.61 Å². The maximum Gasteiger partial charge on any atom is 0.162 e. The molecule has 0 fully saturated rings. The number of hydrogen-bond donors (Lipinski definition) is 0. The first-order valence-corrected chi connectivity index (χ1v) is 3.80. The number of Topliss-reactive ketones (excluding diaryl/α,β-unsaturated/α-hetero) is 1. The van der Waals surface area contributed by atoms with E-state index in [1.807, 2.05) is 20.8 Å². The molecule has 0 saturated heterocycles. The van der Waals surface area contributed by atoms with Crippen molar-refractivity contribution < 1.29 is 9.53 Å². The minimum absolute atomic E-state index is 0.103. The van der Waals surface area contributed by atoms with Gasteiger partial charge in [0.2, 0.25) is 0 Å². The Labute approximate surface area is 68.2 Å². The lowest BCUT2D eigenvalue weighted by Gasteiger charge is -2.05. The monoisotopic (exact) mass is 156 g/mol. The van der Waals surface area contributed by atoms with Crippen molar-refractivity contribution >= 4 is 5.78 Å². The smallest absolute Gasteiger partial charge is 0.162 e. The van der Waals surface area contributed by atoms with Crippen molar-refractivity contribution in [2.45, 2.75) is 33.3 Å². The first-order valence-electron chi connectivity index (χ1n) is 3.80. The molecule has 0 spiro atoms. The number of ketones is 1. The third-order valence-corrected chi connectivity index (χ3v) is 1.08. The summed E-state index contributed by atoms with van der Waals surface area (Å²) in [5, 5.41) is 0. The minimum atomic E-state index is 0.103. The van der Waals surface area contributed by atoms with Crippen molar-refractivity contribution in [1.29, 1.82) is 0 Å². The van der Waals surface area contributed by atoms with Crippen LogP contribution in [-0.4, -0.2) is 18.5 Å². The van der Waals surface area contributed by atoms with Gasteiger partial charge in [0.25, 0.3) is 0 Å². The number of carbonyl (C=O) groups excluding carboxylic acids is 1. The first-order chi connectivity index (χ1) is 5.02. The number of carbonyl (C=O) groups is 1. The zero-order valence-corrected chi connectivity index (χ0v) is 7.52. The zero-order chi connectivity index (χ0) is 8.85. The van der Waals surface area contributed by atoms with Crippen molar-refractivity contribution in [3.8, 4) is 0 Å². The van der Waals surface area contributed by atoms with Gasteiger partial charge in [-0.1, -0.05) is 12.2 Å². The van der Waals surface area contributed by atoms with Crippen LogP contribution in [0.5, 0.6) is 0 Å². The van der Waals surface area contributed by atoms with E-state index in [1.54, 1.807) is 0 Å². The predicted octanol–water partition coefficient (Wildman–Crippen LogP) is 1.95. The van der Waals surface area contributed by atoms with Crippen LogP contribution in [0.3, 0.4) is 0 Å². The van der Waals surface area contributed by atoms with Crippen LogP contribution < -0.4 is 0 Å². The largest absolute Gasteiger partial charge is 0.371 e. The molecule has 0 unspecified atom stereocenters. The summed E-state index contributed by atoms with van der Waals surface area (Å²) >= 11 is 0. The maximum atomic E-state index is 11.0. The van der Waals surface area contributed by atoms with E-state index in [0.717, 1.165) is 5.57 Å². The van der Waals surface area contributed by atoms with Gasteiger partial charge in [0.05, 0.1) is 6.10 Å². The normalized spacial score (nSPS) is 10.2. The molecule has 0 rings (SSSR count). The first kappa shape index (κ1) is 10.4. The molecule has 11 heavy (non-hydrogen) atoms. The molecule has 0 saturated carbocycles. The van der Waals surface area contributed by atoms with Crippen LogP contribution in [0.1, 0.15) is 27.2 Å². The van der Waals surface area contributed by atoms with Gasteiger partial charge in [-0.25, -0.2) is 0 Å². The second-order valence-electron chi connectivity index (χ2n) is 3.03. The van der Waals surface area contributed by atoms with E-state index in [9.17, 15) is 4.79 Å². The fourth-order valence-electron chi connectivity index (χ4n) is 0.647. The van der Waals surface area contributed by atoms with E-state index in [2.05, 4.69) is 6.58 Å². The fourth-order valence-corrected chi connectivity index (χ4v) is 0.647. The predicted molar refractivity (Wildman–Crippen MR) is 45.5 cm³/mol. The second kappa shape index (κ2) is 5.08. The maximum absolute atomic E-state index is 11.0. The van der Waals surface area contributed by atoms with Gasteiger partial charge in [-0.05, 0) is 20.8 Å². The third-order valence-electron chi connectivity index (χ3n) is 1.08. The van der Waals surface area contributed by atoms with Crippen molar-refractivity contribution in [2.24, 2.45) is 0 Å². The van der Waals surface area contributed by atoms with Crippen molar-refractivity contribution in [3.05, 3.63) is 12.2 Å². The molecule has 0 aromatic rings. The Morgan fingerprint density at radius 1 is 1.55 bits per heavy atom. The van der Waals surface area contributed by atoms with Crippen LogP contribution >= 0.6 is 0 Å². The molecule has 2 nitrogen and oxygen atoms in total. The molecule has 0 atom stereocenters. The summed E-state index contributed by atoms with van der Waals surface area (Å²) in [4.78, 5) is 11.0. The van der Waals surface area contributed by atoms with E-state index < -0.39 is 0 Å². The highest BCUT2D eigenvalue weighted by Crippen LogP contribution is 1.98. The lowest BCUT2D eigenvalue weighted by Crippen LogP contribution is -2.13. The summed E-state index contributed by atoms with van der Waals surface area (Å²) in [5.41, 5.74) is 0.891. The Balaban J connectivity index is 3.46. The number of hydrogen-bond acceptors (Lipinski definition) is 2. The van der Waals surface area contributed by atoms with E-state index in [-0.39, 0.29) is 18.5 Å². The molecule has 0 aliphatic rings. The van der Waals surface area contributed by atoms with Gasteiger partial charge in [-0.15, -0.1) is 0 Å². The topological polar surface area (TPSA) is 26.3 Å². The highest BCUT2D eigenvalue weighted by atomic mass is 16.5. The Morgan fingerprint density at radius 2 is 2.09 bits per heavy atom. The molecule has 0 heterocycles. The molecule has 0 radical (unpaired) electrons. The van der Waals surface area contributed by atoms with E-state index in [4.69, 9.17) is 4.74 Å². The molecule has 0 aliphatic carbocycles. The van der Waals surface area contributed by atoms with Gasteiger partial charge in [-0.2, -0.15) is 0 Å². The summed E-state index contributed by atoms with van der Waals surface area (Å²) in [5.74, 6) is 0.103. The van der Waals surface area contributed by atoms with Gasteiger partial charge in [0.1, 0.15) is 6.61 Å². The standard InChI is InChI=1S/C9H16O2/c1-7(2)5-9(10)6-11-8(3)4/h8H,1,5-6H2,2-4H3. The summed E-state index contributed by atoms with van der Waals surface area (Å²) < 4.78 is 5.11. The van der Waals surface area contributed by atoms with Gasteiger partial charge in [-0.3, -0.25) is 4.79 Å². The van der Waals surface area contributed by atoms with Crippen molar-refractivity contribution in [1.82, 2.24) is 0 Å². The number of allylic oxidation sites excluding steroid dienone is 1. The van der Waals surface area contributed by atoms with Gasteiger partial charge < -0.3 is 4.74 Å². The Morgan fingerprint density at radius 3 is 2.45 bits per heavy atom. The van der Waals surface area contributed by atoms with Crippen LogP contribution in [0.25, 0.3) is 0 Å². The van der Waals surface area contributed by atoms with E-state index >= 15 is 0 Å². The molecule has 0 bridgehead atoms. The van der Waals surface area contributed by atoms with Crippen molar-refractivity contribution in [3.63, 3.8) is 0 Å². The minimum Gasteiger partial charge on any atom is -0.371 e. The molecular formula is C9H16O2. The number of ether oxygens (including phenoxy) is 1. The van der Waals surface area contributed by atoms with Gasteiger partial charge in [0.15, 0.2) is 5.78 Å².